The standard InChI is InChI=1S/C17H22N2O2/c1-2-10-19(11-12-20)17(21)9-5-6-14-13-18-16-8-4-3-7-15(14)16/h2-4,7-8,13,18,20H,1,5-6,9-12H2. The number of amides is 1. The molecule has 0 aliphatic rings. The number of nitrogens with zero attached hydrogens (tertiary/aromatic N) is 1. The Morgan fingerprint density at radius 3 is 2.95 bits per heavy atom. The third kappa shape index (κ3) is 3.95. The fourth-order valence-corrected chi connectivity index (χ4v) is 2.52. The monoisotopic (exact) mass is 286 g/mol. The first kappa shape index (κ1) is 15.3. The highest BCUT2D eigenvalue weighted by Gasteiger charge is 2.11. The zero-order valence-corrected chi connectivity index (χ0v) is 12.2. The van der Waals surface area contributed by atoms with Crippen molar-refractivity contribution < 1.29 is 9.90 Å². The Balaban J connectivity index is 1.88. The van der Waals surface area contributed by atoms with Crippen LogP contribution in [0, 0.1) is 0 Å². The molecule has 0 atom stereocenters. The van der Waals surface area contributed by atoms with Crippen LogP contribution in [-0.2, 0) is 11.2 Å². The molecule has 112 valence electrons. The van der Waals surface area contributed by atoms with Crippen LogP contribution in [0.3, 0.4) is 0 Å². The highest BCUT2D eigenvalue weighted by atomic mass is 16.3. The molecule has 0 bridgehead atoms. The molecule has 1 aromatic heterocycles. The molecule has 2 rings (SSSR count). The number of rotatable bonds is 8. The van der Waals surface area contributed by atoms with Gasteiger partial charge in [0.2, 0.25) is 5.91 Å². The molecule has 0 unspecified atom stereocenters. The zero-order chi connectivity index (χ0) is 15.1. The summed E-state index contributed by atoms with van der Waals surface area (Å²) in [6, 6.07) is 8.18. The molecule has 4 heteroatoms. The maximum atomic E-state index is 12.1. The lowest BCUT2D eigenvalue weighted by atomic mass is 10.1. The van der Waals surface area contributed by atoms with Crippen LogP contribution in [-0.4, -0.2) is 40.6 Å². The molecule has 0 saturated carbocycles. The van der Waals surface area contributed by atoms with E-state index < -0.39 is 0 Å². The number of para-hydroxylation sites is 1. The molecule has 0 radical (unpaired) electrons. The molecule has 1 amide bonds. The first-order valence-electron chi connectivity index (χ1n) is 7.30. The van der Waals surface area contributed by atoms with Crippen molar-refractivity contribution >= 4 is 16.8 Å². The van der Waals surface area contributed by atoms with Gasteiger partial charge in [-0.05, 0) is 24.5 Å². The molecule has 0 spiro atoms. The molecule has 1 heterocycles. The van der Waals surface area contributed by atoms with E-state index in [1.165, 1.54) is 10.9 Å². The largest absolute Gasteiger partial charge is 0.395 e. The van der Waals surface area contributed by atoms with Crippen LogP contribution in [0.25, 0.3) is 10.9 Å². The van der Waals surface area contributed by atoms with E-state index in [0.29, 0.717) is 19.5 Å². The van der Waals surface area contributed by atoms with Crippen molar-refractivity contribution in [1.82, 2.24) is 9.88 Å². The summed E-state index contributed by atoms with van der Waals surface area (Å²) in [4.78, 5) is 17.0. The summed E-state index contributed by atoms with van der Waals surface area (Å²) in [7, 11) is 0. The Hall–Kier alpha value is -2.07. The number of aromatic amines is 1. The van der Waals surface area contributed by atoms with E-state index >= 15 is 0 Å². The van der Waals surface area contributed by atoms with Gasteiger partial charge in [0.15, 0.2) is 0 Å². The van der Waals surface area contributed by atoms with Crippen molar-refractivity contribution in [3.63, 3.8) is 0 Å². The van der Waals surface area contributed by atoms with Crippen molar-refractivity contribution in [3.05, 3.63) is 48.7 Å². The number of aryl methyl sites for hydroxylation is 1. The van der Waals surface area contributed by atoms with Gasteiger partial charge >= 0.3 is 0 Å². The Bertz CT molecular complexity index is 604. The minimum atomic E-state index is -0.0119. The van der Waals surface area contributed by atoms with E-state index in [1.807, 2.05) is 18.3 Å². The van der Waals surface area contributed by atoms with Crippen LogP contribution in [0.4, 0.5) is 0 Å². The number of H-pyrrole nitrogens is 1. The molecule has 1 aromatic carbocycles. The van der Waals surface area contributed by atoms with Gasteiger partial charge in [0.1, 0.15) is 0 Å². The van der Waals surface area contributed by atoms with E-state index in [-0.39, 0.29) is 12.5 Å². The summed E-state index contributed by atoms with van der Waals surface area (Å²) < 4.78 is 0. The van der Waals surface area contributed by atoms with Crippen molar-refractivity contribution in [1.29, 1.82) is 0 Å². The lowest BCUT2D eigenvalue weighted by Crippen LogP contribution is -2.33. The number of hydrogen-bond donors (Lipinski definition) is 2. The van der Waals surface area contributed by atoms with E-state index in [4.69, 9.17) is 5.11 Å². The van der Waals surface area contributed by atoms with Crippen LogP contribution in [0.5, 0.6) is 0 Å². The Labute approximate surface area is 125 Å². The molecule has 2 aromatic rings. The summed E-state index contributed by atoms with van der Waals surface area (Å²) in [6.45, 7) is 4.49. The first-order valence-corrected chi connectivity index (χ1v) is 7.30. The molecular weight excluding hydrogens is 264 g/mol. The van der Waals surface area contributed by atoms with Gasteiger partial charge in [0.05, 0.1) is 6.61 Å². The fraction of sp³-hybridized carbons (Fsp3) is 0.353. The number of benzene rings is 1. The van der Waals surface area contributed by atoms with Crippen molar-refractivity contribution in [2.24, 2.45) is 0 Å². The van der Waals surface area contributed by atoms with Crippen LogP contribution in [0.1, 0.15) is 18.4 Å². The van der Waals surface area contributed by atoms with Crippen LogP contribution in [0.2, 0.25) is 0 Å². The number of hydrogen-bond acceptors (Lipinski definition) is 2. The minimum Gasteiger partial charge on any atom is -0.395 e. The molecule has 0 fully saturated rings. The summed E-state index contributed by atoms with van der Waals surface area (Å²) in [5.74, 6) is 0.0730. The highest BCUT2D eigenvalue weighted by Crippen LogP contribution is 2.19. The number of aliphatic hydroxyl groups is 1. The predicted octanol–water partition coefficient (Wildman–Crippen LogP) is 2.50. The quantitative estimate of drug-likeness (QED) is 0.733. The number of aliphatic hydroxyl groups excluding tert-OH is 1. The van der Waals surface area contributed by atoms with Crippen LogP contribution in [0.15, 0.2) is 43.1 Å². The van der Waals surface area contributed by atoms with Crippen molar-refractivity contribution in [3.8, 4) is 0 Å². The number of carbonyl (C=O) groups excluding carboxylic acids is 1. The Morgan fingerprint density at radius 2 is 2.19 bits per heavy atom. The molecule has 0 aliphatic carbocycles. The topological polar surface area (TPSA) is 56.3 Å². The minimum absolute atomic E-state index is 0.0119. The van der Waals surface area contributed by atoms with Gasteiger partial charge in [-0.2, -0.15) is 0 Å². The lowest BCUT2D eigenvalue weighted by molar-refractivity contribution is -0.131. The van der Waals surface area contributed by atoms with Crippen molar-refractivity contribution in [2.45, 2.75) is 19.3 Å². The molecule has 2 N–H and O–H groups in total. The molecule has 0 saturated heterocycles. The van der Waals surface area contributed by atoms with Crippen LogP contribution >= 0.6 is 0 Å². The van der Waals surface area contributed by atoms with E-state index in [9.17, 15) is 4.79 Å². The molecule has 21 heavy (non-hydrogen) atoms. The maximum Gasteiger partial charge on any atom is 0.222 e. The molecule has 4 nitrogen and oxygen atoms in total. The van der Waals surface area contributed by atoms with E-state index in [2.05, 4.69) is 23.7 Å². The summed E-state index contributed by atoms with van der Waals surface area (Å²) in [5, 5.41) is 10.2. The average molecular weight is 286 g/mol. The number of aromatic nitrogens is 1. The van der Waals surface area contributed by atoms with Gasteiger partial charge in [0.25, 0.3) is 0 Å². The van der Waals surface area contributed by atoms with Gasteiger partial charge < -0.3 is 15.0 Å². The molecular formula is C17H22N2O2. The van der Waals surface area contributed by atoms with Crippen molar-refractivity contribution in [2.75, 3.05) is 19.7 Å². The number of nitrogens with one attached hydrogen (secondary N) is 1. The zero-order valence-electron chi connectivity index (χ0n) is 12.2. The van der Waals surface area contributed by atoms with Gasteiger partial charge in [-0.15, -0.1) is 6.58 Å². The summed E-state index contributed by atoms with van der Waals surface area (Å²) >= 11 is 0. The Kier molecular flexibility index (Phi) is 5.58. The highest BCUT2D eigenvalue weighted by molar-refractivity contribution is 5.83. The summed E-state index contributed by atoms with van der Waals surface area (Å²) in [6.07, 6.45) is 5.88. The Morgan fingerprint density at radius 1 is 1.38 bits per heavy atom. The average Bonchev–Trinajstić information content (AvgIpc) is 2.90. The normalized spacial score (nSPS) is 10.7. The van der Waals surface area contributed by atoms with E-state index in [1.54, 1.807) is 11.0 Å². The number of fused-ring (bicyclic) bond motifs is 1. The molecule has 0 aliphatic heterocycles. The third-order valence-corrected chi connectivity index (χ3v) is 3.58. The van der Waals surface area contributed by atoms with E-state index in [0.717, 1.165) is 18.4 Å². The fourth-order valence-electron chi connectivity index (χ4n) is 2.52. The summed E-state index contributed by atoms with van der Waals surface area (Å²) in [5.41, 5.74) is 2.38. The number of carbonyl (C=O) groups is 1. The second kappa shape index (κ2) is 7.64. The van der Waals surface area contributed by atoms with Gasteiger partial charge in [0, 0.05) is 36.6 Å². The van der Waals surface area contributed by atoms with Gasteiger partial charge in [-0.3, -0.25) is 4.79 Å². The SMILES string of the molecule is C=CCN(CCO)C(=O)CCCc1c[nH]c2ccccc12. The van der Waals surface area contributed by atoms with Crippen LogP contribution < -0.4 is 0 Å². The second-order valence-corrected chi connectivity index (χ2v) is 5.07. The third-order valence-electron chi connectivity index (χ3n) is 3.58. The smallest absolute Gasteiger partial charge is 0.222 e. The van der Waals surface area contributed by atoms with Gasteiger partial charge in [-0.25, -0.2) is 0 Å². The lowest BCUT2D eigenvalue weighted by Gasteiger charge is -2.19. The van der Waals surface area contributed by atoms with Gasteiger partial charge in [-0.1, -0.05) is 24.3 Å². The maximum absolute atomic E-state index is 12.1. The second-order valence-electron chi connectivity index (χ2n) is 5.07. The predicted molar refractivity (Wildman–Crippen MR) is 85.1 cm³/mol. The first-order chi connectivity index (χ1) is 10.3.